The molecule has 0 spiro atoms. The quantitative estimate of drug-likeness (QED) is 0.0994. The molecule has 1 N–H and O–H groups in total. The highest BCUT2D eigenvalue weighted by Crippen LogP contribution is 2.38. The highest BCUT2D eigenvalue weighted by Gasteiger charge is 2.17. The molecule has 0 aliphatic rings. The van der Waals surface area contributed by atoms with Crippen LogP contribution >= 0.6 is 0 Å². The van der Waals surface area contributed by atoms with Gasteiger partial charge in [0.2, 0.25) is 0 Å². The minimum atomic E-state index is -0.445. The summed E-state index contributed by atoms with van der Waals surface area (Å²) in [6.07, 6.45) is 3.52. The van der Waals surface area contributed by atoms with Crippen molar-refractivity contribution in [3.8, 4) is 0 Å². The van der Waals surface area contributed by atoms with Gasteiger partial charge in [-0.3, -0.25) is 10.0 Å². The Morgan fingerprint density at radius 2 is 0.788 bits per heavy atom. The highest BCUT2D eigenvalue weighted by atomic mass is 16.5. The maximum atomic E-state index is 13.3. The summed E-state index contributed by atoms with van der Waals surface area (Å²) in [4.78, 5) is 13.3. The largest absolute Gasteiger partial charge is 0.281 e. The minimum Gasteiger partial charge on any atom is -0.281 e. The van der Waals surface area contributed by atoms with Gasteiger partial charge >= 0.3 is 0 Å². The van der Waals surface area contributed by atoms with Crippen molar-refractivity contribution in [3.05, 3.63) is 186 Å². The second-order valence-electron chi connectivity index (χ2n) is 14.1. The van der Waals surface area contributed by atoms with Gasteiger partial charge in [0.05, 0.1) is 5.69 Å². The molecule has 0 heterocycles. The Hall–Kier alpha value is -6.29. The molecule has 0 atom stereocenters. The molecule has 1 amide bonds. The summed E-state index contributed by atoms with van der Waals surface area (Å²) in [7, 11) is 0. The Balaban J connectivity index is 0.811. The zero-order valence-electron chi connectivity index (χ0n) is 28.6. The van der Waals surface area contributed by atoms with E-state index in [1.807, 2.05) is 48.5 Å². The Morgan fingerprint density at radius 1 is 0.404 bits per heavy atom. The van der Waals surface area contributed by atoms with Gasteiger partial charge in [0, 0.05) is 5.56 Å². The van der Waals surface area contributed by atoms with Crippen molar-refractivity contribution in [2.75, 3.05) is 5.06 Å². The van der Waals surface area contributed by atoms with E-state index in [0.717, 1.165) is 41.9 Å². The van der Waals surface area contributed by atoms with Crippen LogP contribution in [-0.2, 0) is 25.7 Å². The fraction of sp³-hybridized carbons (Fsp3) is 0.0816. The molecule has 0 bridgehead atoms. The summed E-state index contributed by atoms with van der Waals surface area (Å²) in [5, 5.41) is 27.3. The number of carbonyl (C=O) groups is 1. The van der Waals surface area contributed by atoms with Crippen molar-refractivity contribution >= 4 is 76.2 Å². The normalized spacial score (nSPS) is 11.9. The van der Waals surface area contributed by atoms with Crippen LogP contribution in [0.25, 0.3) is 64.6 Å². The lowest BCUT2D eigenvalue weighted by Gasteiger charge is -2.16. The molecule has 0 radical (unpaired) electrons. The van der Waals surface area contributed by atoms with Crippen molar-refractivity contribution in [3.63, 3.8) is 0 Å². The molecule has 0 aliphatic carbocycles. The molecule has 0 saturated heterocycles. The molecule has 0 unspecified atom stereocenters. The lowest BCUT2D eigenvalue weighted by Crippen LogP contribution is -2.26. The number of hydrogen-bond donors (Lipinski definition) is 1. The molecule has 10 rings (SSSR count). The van der Waals surface area contributed by atoms with Gasteiger partial charge in [0.15, 0.2) is 0 Å². The number of nitrogens with zero attached hydrogens (tertiary/aromatic N) is 1. The van der Waals surface area contributed by atoms with E-state index in [-0.39, 0.29) is 0 Å². The van der Waals surface area contributed by atoms with Crippen LogP contribution in [0.15, 0.2) is 158 Å². The zero-order valence-corrected chi connectivity index (χ0v) is 28.6. The van der Waals surface area contributed by atoms with Crippen molar-refractivity contribution in [1.82, 2.24) is 0 Å². The van der Waals surface area contributed by atoms with Crippen LogP contribution in [0.4, 0.5) is 5.69 Å². The van der Waals surface area contributed by atoms with Crippen LogP contribution < -0.4 is 5.06 Å². The lowest BCUT2D eigenvalue weighted by atomic mass is 9.90. The third kappa shape index (κ3) is 5.05. The SMILES string of the molecule is O=C(c1ccc(CCc2ccc3ccc4cccc5ccc2c3c45)cc1)N(O)c1ccc(CCc2ccc3ccc4cccc5ccc2c3c45)cc1. The average molecular weight is 670 g/mol. The molecule has 248 valence electrons. The van der Waals surface area contributed by atoms with E-state index in [4.69, 9.17) is 0 Å². The summed E-state index contributed by atoms with van der Waals surface area (Å²) in [5.41, 5.74) is 5.87. The summed E-state index contributed by atoms with van der Waals surface area (Å²) in [6, 6.07) is 55.1. The molecule has 10 aromatic rings. The van der Waals surface area contributed by atoms with Crippen LogP contribution in [0.3, 0.4) is 0 Å². The van der Waals surface area contributed by atoms with E-state index in [1.165, 1.54) is 75.8 Å². The van der Waals surface area contributed by atoms with Crippen molar-refractivity contribution in [2.24, 2.45) is 0 Å². The Kier molecular flexibility index (Phi) is 7.16. The Bertz CT molecular complexity index is 2890. The van der Waals surface area contributed by atoms with Gasteiger partial charge in [-0.2, -0.15) is 5.06 Å². The van der Waals surface area contributed by atoms with E-state index in [1.54, 1.807) is 0 Å². The van der Waals surface area contributed by atoms with Crippen LogP contribution in [0.2, 0.25) is 0 Å². The molecule has 0 fully saturated rings. The van der Waals surface area contributed by atoms with Gasteiger partial charge in [-0.25, -0.2) is 0 Å². The summed E-state index contributed by atoms with van der Waals surface area (Å²) >= 11 is 0. The molecule has 0 aliphatic heterocycles. The molecule has 10 aromatic carbocycles. The number of hydrogen-bond acceptors (Lipinski definition) is 2. The van der Waals surface area contributed by atoms with E-state index in [9.17, 15) is 10.0 Å². The number of amides is 1. The predicted molar refractivity (Wildman–Crippen MR) is 217 cm³/mol. The number of rotatable bonds is 8. The van der Waals surface area contributed by atoms with Gasteiger partial charge < -0.3 is 0 Å². The van der Waals surface area contributed by atoms with Gasteiger partial charge in [0.25, 0.3) is 5.91 Å². The zero-order chi connectivity index (χ0) is 34.8. The van der Waals surface area contributed by atoms with E-state index in [0.29, 0.717) is 11.3 Å². The van der Waals surface area contributed by atoms with Crippen molar-refractivity contribution in [2.45, 2.75) is 25.7 Å². The van der Waals surface area contributed by atoms with Crippen molar-refractivity contribution < 1.29 is 10.0 Å². The molecular formula is C49H35NO2. The Labute approximate surface area is 301 Å². The minimum absolute atomic E-state index is 0.445. The number of carbonyl (C=O) groups excluding carboxylic acids is 1. The molecule has 3 heteroatoms. The maximum Gasteiger partial charge on any atom is 0.281 e. The molecular weight excluding hydrogens is 635 g/mol. The van der Waals surface area contributed by atoms with E-state index >= 15 is 0 Å². The fourth-order valence-electron chi connectivity index (χ4n) is 8.44. The van der Waals surface area contributed by atoms with Gasteiger partial charge in [-0.15, -0.1) is 0 Å². The fourth-order valence-corrected chi connectivity index (χ4v) is 8.44. The summed E-state index contributed by atoms with van der Waals surface area (Å²) in [5.74, 6) is -0.445. The van der Waals surface area contributed by atoms with Crippen LogP contribution in [0.1, 0.15) is 32.6 Å². The highest BCUT2D eigenvalue weighted by molar-refractivity contribution is 6.24. The second kappa shape index (κ2) is 12.2. The van der Waals surface area contributed by atoms with Crippen LogP contribution in [0, 0.1) is 0 Å². The average Bonchev–Trinajstić information content (AvgIpc) is 3.20. The monoisotopic (exact) mass is 669 g/mol. The molecule has 3 nitrogen and oxygen atoms in total. The first-order valence-corrected chi connectivity index (χ1v) is 18.1. The third-order valence-corrected chi connectivity index (χ3v) is 11.2. The smallest absolute Gasteiger partial charge is 0.281 e. The number of benzene rings is 10. The molecule has 52 heavy (non-hydrogen) atoms. The molecule has 0 aromatic heterocycles. The predicted octanol–water partition coefficient (Wildman–Crippen LogP) is 12.1. The lowest BCUT2D eigenvalue weighted by molar-refractivity contribution is 0.0854. The van der Waals surface area contributed by atoms with E-state index in [2.05, 4.69) is 109 Å². The van der Waals surface area contributed by atoms with Crippen molar-refractivity contribution in [1.29, 1.82) is 0 Å². The number of hydroxylamine groups is 1. The summed E-state index contributed by atoms with van der Waals surface area (Å²) in [6.45, 7) is 0. The van der Waals surface area contributed by atoms with Crippen LogP contribution in [-0.4, -0.2) is 11.1 Å². The second-order valence-corrected chi connectivity index (χ2v) is 14.1. The first-order valence-electron chi connectivity index (χ1n) is 18.1. The Morgan fingerprint density at radius 3 is 1.25 bits per heavy atom. The standard InChI is InChI=1S/C49H35NO2/c51-49(41-15-9-31(10-16-41)7-13-33-17-19-39-23-21-35-3-1-5-37-25-29-43(33)47(39)45(35)37)50(52)42-27-11-32(12-28-42)8-14-34-18-20-40-24-22-36-4-2-6-38-26-30-44(34)48(40)46(36)38/h1-6,9-12,15-30,52H,7-8,13-14H2. The number of anilines is 1. The maximum absolute atomic E-state index is 13.3. The van der Waals surface area contributed by atoms with Gasteiger partial charge in [-0.05, 0) is 137 Å². The molecule has 0 saturated carbocycles. The third-order valence-electron chi connectivity index (χ3n) is 11.2. The topological polar surface area (TPSA) is 40.5 Å². The van der Waals surface area contributed by atoms with Gasteiger partial charge in [0.1, 0.15) is 0 Å². The van der Waals surface area contributed by atoms with Gasteiger partial charge in [-0.1, -0.05) is 133 Å². The summed E-state index contributed by atoms with van der Waals surface area (Å²) < 4.78 is 0. The van der Waals surface area contributed by atoms with E-state index < -0.39 is 5.91 Å². The number of aryl methyl sites for hydroxylation is 4. The first-order chi connectivity index (χ1) is 25.6. The van der Waals surface area contributed by atoms with Crippen LogP contribution in [0.5, 0.6) is 0 Å². The first kappa shape index (κ1) is 30.5.